The molecule has 1 aromatic carbocycles. The first-order chi connectivity index (χ1) is 14.8. The third kappa shape index (κ3) is 4.22. The topological polar surface area (TPSA) is 55.8 Å². The predicted octanol–water partition coefficient (Wildman–Crippen LogP) is 4.02. The number of esters is 2. The Hall–Kier alpha value is -3.10. The summed E-state index contributed by atoms with van der Waals surface area (Å²) in [6.45, 7) is 0. The summed E-state index contributed by atoms with van der Waals surface area (Å²) in [5, 5.41) is 0. The van der Waals surface area contributed by atoms with E-state index in [9.17, 15) is 27.2 Å². The molecular formula is C22H21F4NO4. The van der Waals surface area contributed by atoms with Gasteiger partial charge in [0, 0.05) is 18.3 Å². The second kappa shape index (κ2) is 9.36. The van der Waals surface area contributed by atoms with Crippen LogP contribution in [-0.4, -0.2) is 50.8 Å². The Kier molecular flexibility index (Phi) is 6.82. The van der Waals surface area contributed by atoms with E-state index in [0.717, 1.165) is 14.2 Å². The van der Waals surface area contributed by atoms with E-state index < -0.39 is 49.0 Å². The van der Waals surface area contributed by atoms with E-state index in [-0.39, 0.29) is 22.5 Å². The van der Waals surface area contributed by atoms with Crippen molar-refractivity contribution in [2.45, 2.75) is 37.0 Å². The zero-order valence-electron chi connectivity index (χ0n) is 16.8. The van der Waals surface area contributed by atoms with Crippen LogP contribution in [0.3, 0.4) is 0 Å². The normalized spacial score (nSPS) is 28.3. The molecule has 1 fully saturated rings. The average Bonchev–Trinajstić information content (AvgIpc) is 3.00. The Bertz CT molecular complexity index is 931. The fourth-order valence-electron chi connectivity index (χ4n) is 3.78. The largest absolute Gasteiger partial charge is 0.465 e. The van der Waals surface area contributed by atoms with E-state index >= 15 is 0 Å². The molecule has 31 heavy (non-hydrogen) atoms. The van der Waals surface area contributed by atoms with Crippen molar-refractivity contribution in [3.8, 4) is 0 Å². The van der Waals surface area contributed by atoms with Crippen LogP contribution < -0.4 is 4.90 Å². The third-order valence-corrected chi connectivity index (χ3v) is 5.27. The maximum absolute atomic E-state index is 14.8. The Morgan fingerprint density at radius 1 is 0.935 bits per heavy atom. The van der Waals surface area contributed by atoms with Gasteiger partial charge in [0.2, 0.25) is 0 Å². The summed E-state index contributed by atoms with van der Waals surface area (Å²) in [7, 11) is 2.23. The van der Waals surface area contributed by atoms with Crippen molar-refractivity contribution in [2.24, 2.45) is 0 Å². The van der Waals surface area contributed by atoms with Crippen molar-refractivity contribution in [3.05, 3.63) is 65.5 Å². The molecule has 1 saturated carbocycles. The number of allylic oxidation sites excluding steroid dienone is 2. The number of hydrogen-bond donors (Lipinski definition) is 0. The number of hydrogen-bond acceptors (Lipinski definition) is 5. The number of ether oxygens (including phenoxy) is 2. The second-order valence-electron chi connectivity index (χ2n) is 7.06. The molecule has 1 aliphatic heterocycles. The third-order valence-electron chi connectivity index (χ3n) is 5.27. The molecule has 4 unspecified atom stereocenters. The summed E-state index contributed by atoms with van der Waals surface area (Å²) in [5.74, 6) is -3.52. The molecule has 3 rings (SSSR count). The van der Waals surface area contributed by atoms with Gasteiger partial charge in [0.15, 0.2) is 0 Å². The van der Waals surface area contributed by atoms with E-state index in [1.165, 1.54) is 53.6 Å². The summed E-state index contributed by atoms with van der Waals surface area (Å²) in [4.78, 5) is 26.1. The fourth-order valence-corrected chi connectivity index (χ4v) is 3.78. The molecule has 0 aromatic heterocycles. The highest BCUT2D eigenvalue weighted by molar-refractivity contribution is 6.05. The molecule has 166 valence electrons. The highest BCUT2D eigenvalue weighted by Gasteiger charge is 2.48. The SMILES string of the molecule is COC(=O)C1=C(C(=O)OC)N(c2ccccc2C2C(F)C(F)CC(F)C2F)C=CC=C1. The molecule has 5 nitrogen and oxygen atoms in total. The van der Waals surface area contributed by atoms with Gasteiger partial charge in [-0.2, -0.15) is 0 Å². The van der Waals surface area contributed by atoms with Crippen molar-refractivity contribution in [1.82, 2.24) is 0 Å². The summed E-state index contributed by atoms with van der Waals surface area (Å²) in [6, 6.07) is 5.76. The molecular weight excluding hydrogens is 418 g/mol. The number of anilines is 1. The number of benzene rings is 1. The predicted molar refractivity (Wildman–Crippen MR) is 105 cm³/mol. The van der Waals surface area contributed by atoms with Gasteiger partial charge in [0.05, 0.1) is 25.7 Å². The fraction of sp³-hybridized carbons (Fsp3) is 0.364. The van der Waals surface area contributed by atoms with Crippen LogP contribution in [0, 0.1) is 0 Å². The molecule has 0 N–H and O–H groups in total. The molecule has 2 aliphatic rings. The van der Waals surface area contributed by atoms with Crippen LogP contribution in [0.1, 0.15) is 17.9 Å². The van der Waals surface area contributed by atoms with Crippen molar-refractivity contribution >= 4 is 17.6 Å². The van der Waals surface area contributed by atoms with Crippen LogP contribution in [0.25, 0.3) is 0 Å². The number of para-hydroxylation sites is 1. The van der Waals surface area contributed by atoms with Crippen LogP contribution in [-0.2, 0) is 19.1 Å². The molecule has 1 aliphatic carbocycles. The van der Waals surface area contributed by atoms with Crippen molar-refractivity contribution < 1.29 is 36.6 Å². The average molecular weight is 439 g/mol. The van der Waals surface area contributed by atoms with E-state index in [0.29, 0.717) is 0 Å². The summed E-state index contributed by atoms with van der Waals surface area (Å²) in [6.07, 6.45) is -4.16. The Morgan fingerprint density at radius 2 is 1.55 bits per heavy atom. The van der Waals surface area contributed by atoms with Gasteiger partial charge in [-0.15, -0.1) is 0 Å². The van der Waals surface area contributed by atoms with Crippen molar-refractivity contribution in [1.29, 1.82) is 0 Å². The quantitative estimate of drug-likeness (QED) is 0.524. The minimum Gasteiger partial charge on any atom is -0.465 e. The van der Waals surface area contributed by atoms with Crippen LogP contribution >= 0.6 is 0 Å². The standard InChI is InChI=1S/C22H21F4NO4/c1-30-21(28)13-8-5-6-10-27(20(13)22(29)31-2)16-9-4-3-7-12(16)17-18(25)14(23)11-15(24)19(17)26/h3-10,14-15,17-19H,11H2,1-2H3. The summed E-state index contributed by atoms with van der Waals surface area (Å²) >= 11 is 0. The molecule has 0 radical (unpaired) electrons. The van der Waals surface area contributed by atoms with E-state index in [1.54, 1.807) is 0 Å². The maximum atomic E-state index is 14.8. The first-order valence-corrected chi connectivity index (χ1v) is 9.52. The summed E-state index contributed by atoms with van der Waals surface area (Å²) < 4.78 is 67.2. The van der Waals surface area contributed by atoms with Gasteiger partial charge in [-0.3, -0.25) is 0 Å². The van der Waals surface area contributed by atoms with Crippen molar-refractivity contribution in [3.63, 3.8) is 0 Å². The Labute approximate surface area is 176 Å². The number of carbonyl (C=O) groups is 2. The summed E-state index contributed by atoms with van der Waals surface area (Å²) in [5.41, 5.74) is -0.425. The molecule has 1 aromatic rings. The van der Waals surface area contributed by atoms with Gasteiger partial charge in [-0.1, -0.05) is 24.3 Å². The first kappa shape index (κ1) is 22.6. The number of nitrogens with zero attached hydrogens (tertiary/aromatic N) is 1. The molecule has 0 amide bonds. The lowest BCUT2D eigenvalue weighted by Gasteiger charge is -2.36. The molecule has 1 heterocycles. The highest BCUT2D eigenvalue weighted by atomic mass is 19.2. The molecule has 4 atom stereocenters. The second-order valence-corrected chi connectivity index (χ2v) is 7.06. The smallest absolute Gasteiger partial charge is 0.355 e. The van der Waals surface area contributed by atoms with Crippen molar-refractivity contribution in [2.75, 3.05) is 19.1 Å². The minimum atomic E-state index is -2.29. The molecule has 9 heteroatoms. The van der Waals surface area contributed by atoms with Gasteiger partial charge in [0.25, 0.3) is 0 Å². The lowest BCUT2D eigenvalue weighted by atomic mass is 9.78. The lowest BCUT2D eigenvalue weighted by molar-refractivity contribution is -0.139. The monoisotopic (exact) mass is 439 g/mol. The number of halogens is 4. The van der Waals surface area contributed by atoms with Crippen LogP contribution in [0.4, 0.5) is 23.2 Å². The molecule has 0 saturated heterocycles. The number of alkyl halides is 4. The van der Waals surface area contributed by atoms with Gasteiger partial charge in [-0.25, -0.2) is 27.2 Å². The lowest BCUT2D eigenvalue weighted by Crippen LogP contribution is -2.44. The highest BCUT2D eigenvalue weighted by Crippen LogP contribution is 2.44. The van der Waals surface area contributed by atoms with E-state index in [4.69, 9.17) is 9.47 Å². The molecule has 0 spiro atoms. The molecule has 0 bridgehead atoms. The van der Waals surface area contributed by atoms with E-state index in [1.807, 2.05) is 0 Å². The zero-order valence-corrected chi connectivity index (χ0v) is 16.8. The Morgan fingerprint density at radius 3 is 2.16 bits per heavy atom. The first-order valence-electron chi connectivity index (χ1n) is 9.52. The minimum absolute atomic E-state index is 0.0512. The van der Waals surface area contributed by atoms with Gasteiger partial charge in [0.1, 0.15) is 30.4 Å². The number of methoxy groups -OCH3 is 2. The Balaban J connectivity index is 2.20. The van der Waals surface area contributed by atoms with Crippen LogP contribution in [0.2, 0.25) is 0 Å². The number of carbonyl (C=O) groups excluding carboxylic acids is 2. The van der Waals surface area contributed by atoms with Crippen LogP contribution in [0.15, 0.2) is 60.0 Å². The van der Waals surface area contributed by atoms with Gasteiger partial charge in [-0.05, 0) is 23.8 Å². The van der Waals surface area contributed by atoms with Gasteiger partial charge >= 0.3 is 11.9 Å². The maximum Gasteiger partial charge on any atom is 0.355 e. The van der Waals surface area contributed by atoms with E-state index in [2.05, 4.69) is 0 Å². The zero-order chi connectivity index (χ0) is 22.7. The van der Waals surface area contributed by atoms with Gasteiger partial charge < -0.3 is 14.4 Å². The number of rotatable bonds is 4. The van der Waals surface area contributed by atoms with Crippen LogP contribution in [0.5, 0.6) is 0 Å².